The van der Waals surface area contributed by atoms with Crippen molar-refractivity contribution in [3.05, 3.63) is 29.8 Å². The van der Waals surface area contributed by atoms with Crippen molar-refractivity contribution in [3.63, 3.8) is 0 Å². The van der Waals surface area contributed by atoms with Gasteiger partial charge in [0.15, 0.2) is 0 Å². The maximum absolute atomic E-state index is 12.4. The summed E-state index contributed by atoms with van der Waals surface area (Å²) in [7, 11) is 0. The third-order valence-corrected chi connectivity index (χ3v) is 3.67. The van der Waals surface area contributed by atoms with E-state index in [0.29, 0.717) is 17.7 Å². The van der Waals surface area contributed by atoms with Crippen LogP contribution in [-0.2, 0) is 9.53 Å². The molecule has 0 spiro atoms. The van der Waals surface area contributed by atoms with Crippen molar-refractivity contribution in [2.45, 2.75) is 52.2 Å². The number of carbonyl (C=O) groups excluding carboxylic acids is 3. The van der Waals surface area contributed by atoms with E-state index in [1.165, 1.54) is 0 Å². The Morgan fingerprint density at radius 3 is 2.40 bits per heavy atom. The van der Waals surface area contributed by atoms with Crippen LogP contribution < -0.4 is 20.9 Å². The lowest BCUT2D eigenvalue weighted by Gasteiger charge is -2.20. The molecular formula is C21H29N3O6. The third-order valence-electron chi connectivity index (χ3n) is 3.67. The molecule has 1 rings (SSSR count). The van der Waals surface area contributed by atoms with Gasteiger partial charge in [0.1, 0.15) is 24.0 Å². The maximum atomic E-state index is 12.4. The van der Waals surface area contributed by atoms with Gasteiger partial charge in [-0.25, -0.2) is 10.3 Å². The number of alkyl carbamates (subject to hydrolysis) is 1. The Balaban J connectivity index is 2.56. The van der Waals surface area contributed by atoms with Crippen molar-refractivity contribution in [2.75, 3.05) is 13.2 Å². The molecule has 9 nitrogen and oxygen atoms in total. The zero-order chi connectivity index (χ0) is 22.6. The molecule has 9 heteroatoms. The molecule has 164 valence electrons. The number of hydrogen-bond acceptors (Lipinski definition) is 6. The Hall–Kier alpha value is -3.25. The van der Waals surface area contributed by atoms with Crippen LogP contribution in [0, 0.1) is 11.8 Å². The number of nitrogens with one attached hydrogen (secondary N) is 3. The van der Waals surface area contributed by atoms with E-state index in [9.17, 15) is 14.4 Å². The van der Waals surface area contributed by atoms with Gasteiger partial charge in [-0.05, 0) is 64.8 Å². The number of benzene rings is 1. The molecule has 1 unspecified atom stereocenters. The van der Waals surface area contributed by atoms with Crippen LogP contribution in [0.4, 0.5) is 4.79 Å². The zero-order valence-electron chi connectivity index (χ0n) is 17.7. The number of hydroxylamine groups is 1. The lowest BCUT2D eigenvalue weighted by molar-refractivity contribution is -0.131. The predicted octanol–water partition coefficient (Wildman–Crippen LogP) is 2.00. The van der Waals surface area contributed by atoms with Crippen molar-refractivity contribution >= 4 is 17.9 Å². The van der Waals surface area contributed by atoms with Crippen LogP contribution in [0.2, 0.25) is 0 Å². The van der Waals surface area contributed by atoms with Crippen molar-refractivity contribution in [1.29, 1.82) is 0 Å². The fraction of sp³-hybridized carbons (Fsp3) is 0.476. The predicted molar refractivity (Wildman–Crippen MR) is 110 cm³/mol. The van der Waals surface area contributed by atoms with E-state index in [1.807, 2.05) is 0 Å². The summed E-state index contributed by atoms with van der Waals surface area (Å²) in [6, 6.07) is 5.39. The van der Waals surface area contributed by atoms with Crippen LogP contribution in [0.5, 0.6) is 5.75 Å². The number of hydrogen-bond donors (Lipinski definition) is 4. The molecule has 0 saturated heterocycles. The Labute approximate surface area is 176 Å². The van der Waals surface area contributed by atoms with E-state index in [0.717, 1.165) is 0 Å². The molecule has 0 bridgehead atoms. The van der Waals surface area contributed by atoms with Crippen molar-refractivity contribution in [1.82, 2.24) is 16.1 Å². The summed E-state index contributed by atoms with van der Waals surface area (Å²) in [4.78, 5) is 35.9. The minimum absolute atomic E-state index is 0.199. The number of rotatable bonds is 9. The molecule has 1 aromatic rings. The quantitative estimate of drug-likeness (QED) is 0.210. The van der Waals surface area contributed by atoms with Gasteiger partial charge >= 0.3 is 6.09 Å². The molecule has 0 aliphatic carbocycles. The molecule has 30 heavy (non-hydrogen) atoms. The zero-order valence-corrected chi connectivity index (χ0v) is 17.7. The largest absolute Gasteiger partial charge is 0.481 e. The van der Waals surface area contributed by atoms with Crippen LogP contribution in [-0.4, -0.2) is 47.9 Å². The van der Waals surface area contributed by atoms with Gasteiger partial charge < -0.3 is 20.1 Å². The van der Waals surface area contributed by atoms with E-state index < -0.39 is 29.6 Å². The molecule has 0 heterocycles. The highest BCUT2D eigenvalue weighted by molar-refractivity contribution is 5.97. The molecule has 1 atom stereocenters. The number of ether oxygens (including phenoxy) is 2. The monoisotopic (exact) mass is 419 g/mol. The molecule has 0 fully saturated rings. The Bertz CT molecular complexity index is 775. The van der Waals surface area contributed by atoms with Gasteiger partial charge in [-0.2, -0.15) is 0 Å². The topological polar surface area (TPSA) is 126 Å². The average molecular weight is 419 g/mol. The fourth-order valence-electron chi connectivity index (χ4n) is 2.29. The van der Waals surface area contributed by atoms with E-state index in [4.69, 9.17) is 14.7 Å². The first-order valence-corrected chi connectivity index (χ1v) is 9.50. The van der Waals surface area contributed by atoms with E-state index in [1.54, 1.807) is 57.4 Å². The molecular weight excluding hydrogens is 390 g/mol. The van der Waals surface area contributed by atoms with Gasteiger partial charge in [-0.3, -0.25) is 14.8 Å². The molecule has 0 radical (unpaired) electrons. The minimum atomic E-state index is -0.973. The molecule has 0 aromatic heterocycles. The molecule has 0 aliphatic rings. The maximum Gasteiger partial charge on any atom is 0.407 e. The van der Waals surface area contributed by atoms with Crippen LogP contribution in [0.1, 0.15) is 50.9 Å². The Morgan fingerprint density at radius 2 is 1.83 bits per heavy atom. The van der Waals surface area contributed by atoms with Gasteiger partial charge in [0, 0.05) is 12.1 Å². The second-order valence-corrected chi connectivity index (χ2v) is 7.31. The number of amides is 3. The van der Waals surface area contributed by atoms with Crippen LogP contribution in [0.25, 0.3) is 0 Å². The molecule has 4 N–H and O–H groups in total. The van der Waals surface area contributed by atoms with Crippen molar-refractivity contribution < 1.29 is 29.1 Å². The smallest absolute Gasteiger partial charge is 0.407 e. The normalized spacial score (nSPS) is 11.4. The molecule has 0 saturated carbocycles. The first-order chi connectivity index (χ1) is 14.2. The summed E-state index contributed by atoms with van der Waals surface area (Å²) < 4.78 is 10.5. The van der Waals surface area contributed by atoms with Gasteiger partial charge in [-0.15, -0.1) is 5.92 Å². The second kappa shape index (κ2) is 12.3. The lowest BCUT2D eigenvalue weighted by atomic mass is 10.1. The van der Waals surface area contributed by atoms with Crippen LogP contribution >= 0.6 is 0 Å². The average Bonchev–Trinajstić information content (AvgIpc) is 2.69. The van der Waals surface area contributed by atoms with E-state index >= 15 is 0 Å². The van der Waals surface area contributed by atoms with Crippen LogP contribution in [0.3, 0.4) is 0 Å². The van der Waals surface area contributed by atoms with E-state index in [-0.39, 0.29) is 19.6 Å². The minimum Gasteiger partial charge on any atom is -0.481 e. The van der Waals surface area contributed by atoms with Crippen molar-refractivity contribution in [2.24, 2.45) is 0 Å². The summed E-state index contributed by atoms with van der Waals surface area (Å²) >= 11 is 0. The lowest BCUT2D eigenvalue weighted by Crippen LogP contribution is -2.46. The third kappa shape index (κ3) is 9.80. The van der Waals surface area contributed by atoms with Crippen molar-refractivity contribution in [3.8, 4) is 17.6 Å². The highest BCUT2D eigenvalue weighted by atomic mass is 16.6. The highest BCUT2D eigenvalue weighted by Crippen LogP contribution is 2.12. The molecule has 3 amide bonds. The standard InChI is InChI=1S/C21H29N3O6/c1-5-6-14-29-16-11-9-15(10-12-16)18(25)23-17(19(26)24-28)8-7-13-22-20(27)30-21(2,3)4/h9-12,17,28H,7-8,13-14H2,1-4H3,(H,22,27)(H,23,25)(H,24,26). The SMILES string of the molecule is CC#CCOc1ccc(C(=O)NC(CCCNC(=O)OC(C)(C)C)C(=O)NO)cc1. The summed E-state index contributed by atoms with van der Waals surface area (Å²) in [5, 5.41) is 14.1. The second-order valence-electron chi connectivity index (χ2n) is 7.31. The van der Waals surface area contributed by atoms with Gasteiger partial charge in [0.2, 0.25) is 0 Å². The molecule has 0 aliphatic heterocycles. The Morgan fingerprint density at radius 1 is 1.17 bits per heavy atom. The van der Waals surface area contributed by atoms with E-state index in [2.05, 4.69) is 22.5 Å². The fourth-order valence-corrected chi connectivity index (χ4v) is 2.29. The van der Waals surface area contributed by atoms with Gasteiger partial charge in [0.05, 0.1) is 0 Å². The van der Waals surface area contributed by atoms with Gasteiger partial charge in [-0.1, -0.05) is 5.92 Å². The van der Waals surface area contributed by atoms with Crippen LogP contribution in [0.15, 0.2) is 24.3 Å². The Kier molecular flexibility index (Phi) is 10.2. The summed E-state index contributed by atoms with van der Waals surface area (Å²) in [5.74, 6) is 4.81. The molecule has 1 aromatic carbocycles. The summed E-state index contributed by atoms with van der Waals surface area (Å²) in [6.45, 7) is 7.46. The number of carbonyl (C=O) groups is 3. The first kappa shape index (κ1) is 24.8. The summed E-state index contributed by atoms with van der Waals surface area (Å²) in [6.07, 6.45) is 0.00938. The summed E-state index contributed by atoms with van der Waals surface area (Å²) in [5.41, 5.74) is 1.26. The highest BCUT2D eigenvalue weighted by Gasteiger charge is 2.21. The van der Waals surface area contributed by atoms with Gasteiger partial charge in [0.25, 0.3) is 11.8 Å². The first-order valence-electron chi connectivity index (χ1n) is 9.50.